The maximum Gasteiger partial charge on any atom is 0.152 e. The van der Waals surface area contributed by atoms with E-state index in [9.17, 15) is 4.79 Å². The summed E-state index contributed by atoms with van der Waals surface area (Å²) in [5.41, 5.74) is 0.228. The Labute approximate surface area is 79.6 Å². The van der Waals surface area contributed by atoms with E-state index in [2.05, 4.69) is 27.0 Å². The van der Waals surface area contributed by atoms with Crippen LogP contribution in [0.5, 0.6) is 0 Å². The molecule has 0 fully saturated rings. The Bertz CT molecular complexity index is 177. The SMILES string of the molecule is CSC(/C=C/C(C)=O)C(C)(C)C. The fourth-order valence-corrected chi connectivity index (χ4v) is 1.89. The first-order valence-corrected chi connectivity index (χ1v) is 5.38. The third-order valence-electron chi connectivity index (χ3n) is 1.61. The van der Waals surface area contributed by atoms with Crippen molar-refractivity contribution >= 4 is 17.5 Å². The maximum atomic E-state index is 10.7. The molecule has 0 N–H and O–H groups in total. The first-order valence-electron chi connectivity index (χ1n) is 4.09. The van der Waals surface area contributed by atoms with Gasteiger partial charge in [0.2, 0.25) is 0 Å². The van der Waals surface area contributed by atoms with Crippen LogP contribution in [0.15, 0.2) is 12.2 Å². The minimum Gasteiger partial charge on any atom is -0.295 e. The summed E-state index contributed by atoms with van der Waals surface area (Å²) in [5.74, 6) is 0.123. The highest BCUT2D eigenvalue weighted by molar-refractivity contribution is 7.99. The van der Waals surface area contributed by atoms with Gasteiger partial charge in [0.25, 0.3) is 0 Å². The van der Waals surface area contributed by atoms with Crippen LogP contribution in [0.2, 0.25) is 0 Å². The molecule has 1 nitrogen and oxygen atoms in total. The smallest absolute Gasteiger partial charge is 0.152 e. The molecular formula is C10H18OS. The molecule has 0 aromatic heterocycles. The van der Waals surface area contributed by atoms with Gasteiger partial charge < -0.3 is 0 Å². The van der Waals surface area contributed by atoms with Crippen molar-refractivity contribution < 1.29 is 4.79 Å². The van der Waals surface area contributed by atoms with Gasteiger partial charge in [0.15, 0.2) is 5.78 Å². The molecule has 0 spiro atoms. The maximum absolute atomic E-state index is 10.7. The van der Waals surface area contributed by atoms with Gasteiger partial charge in [-0.2, -0.15) is 11.8 Å². The number of hydrogen-bond acceptors (Lipinski definition) is 2. The largest absolute Gasteiger partial charge is 0.295 e. The zero-order chi connectivity index (χ0) is 9.78. The summed E-state index contributed by atoms with van der Waals surface area (Å²) in [4.78, 5) is 10.7. The molecule has 1 atom stereocenters. The van der Waals surface area contributed by atoms with Crippen molar-refractivity contribution in [3.63, 3.8) is 0 Å². The van der Waals surface area contributed by atoms with Crippen molar-refractivity contribution in [2.24, 2.45) is 5.41 Å². The summed E-state index contributed by atoms with van der Waals surface area (Å²) in [6.07, 6.45) is 5.72. The number of hydrogen-bond donors (Lipinski definition) is 0. The molecular weight excluding hydrogens is 168 g/mol. The molecule has 0 aliphatic carbocycles. The number of carbonyl (C=O) groups excluding carboxylic acids is 1. The Morgan fingerprint density at radius 2 is 1.92 bits per heavy atom. The summed E-state index contributed by atoms with van der Waals surface area (Å²) >= 11 is 1.78. The number of allylic oxidation sites excluding steroid dienone is 1. The summed E-state index contributed by atoms with van der Waals surface area (Å²) < 4.78 is 0. The lowest BCUT2D eigenvalue weighted by Gasteiger charge is -2.26. The Kier molecular flexibility index (Phi) is 4.61. The molecule has 0 aliphatic heterocycles. The standard InChI is InChI=1S/C10H18OS/c1-8(11)6-7-9(12-5)10(2,3)4/h6-7,9H,1-5H3/b7-6+. The van der Waals surface area contributed by atoms with Crippen LogP contribution in [0.1, 0.15) is 27.7 Å². The Hall–Kier alpha value is -0.240. The molecule has 0 amide bonds. The molecule has 0 radical (unpaired) electrons. The minimum absolute atomic E-state index is 0.123. The van der Waals surface area contributed by atoms with Gasteiger partial charge in [0.1, 0.15) is 0 Å². The van der Waals surface area contributed by atoms with Crippen LogP contribution >= 0.6 is 11.8 Å². The number of thioether (sulfide) groups is 1. The van der Waals surface area contributed by atoms with Crippen molar-refractivity contribution in [3.8, 4) is 0 Å². The van der Waals surface area contributed by atoms with Crippen molar-refractivity contribution in [1.82, 2.24) is 0 Å². The molecule has 0 saturated heterocycles. The topological polar surface area (TPSA) is 17.1 Å². The van der Waals surface area contributed by atoms with Gasteiger partial charge in [-0.15, -0.1) is 0 Å². The van der Waals surface area contributed by atoms with Crippen LogP contribution in [0.3, 0.4) is 0 Å². The summed E-state index contributed by atoms with van der Waals surface area (Å²) in [5, 5.41) is 0.418. The van der Waals surface area contributed by atoms with Gasteiger partial charge in [-0.3, -0.25) is 4.79 Å². The van der Waals surface area contributed by atoms with Crippen LogP contribution in [-0.4, -0.2) is 17.3 Å². The van der Waals surface area contributed by atoms with Gasteiger partial charge in [-0.05, 0) is 24.7 Å². The van der Waals surface area contributed by atoms with E-state index < -0.39 is 0 Å². The highest BCUT2D eigenvalue weighted by atomic mass is 32.2. The van der Waals surface area contributed by atoms with Crippen molar-refractivity contribution in [2.75, 3.05) is 6.26 Å². The van der Waals surface area contributed by atoms with Gasteiger partial charge in [-0.1, -0.05) is 26.8 Å². The fourth-order valence-electron chi connectivity index (χ4n) is 0.944. The van der Waals surface area contributed by atoms with Crippen LogP contribution in [-0.2, 0) is 4.79 Å². The summed E-state index contributed by atoms with van der Waals surface area (Å²) in [6.45, 7) is 8.12. The van der Waals surface area contributed by atoms with E-state index in [0.717, 1.165) is 0 Å². The van der Waals surface area contributed by atoms with E-state index in [0.29, 0.717) is 5.25 Å². The van der Waals surface area contributed by atoms with Crippen LogP contribution in [0.4, 0.5) is 0 Å². The van der Waals surface area contributed by atoms with E-state index in [1.54, 1.807) is 24.8 Å². The quantitative estimate of drug-likeness (QED) is 0.630. The third-order valence-corrected chi connectivity index (χ3v) is 2.99. The van der Waals surface area contributed by atoms with Crippen LogP contribution < -0.4 is 0 Å². The van der Waals surface area contributed by atoms with Crippen molar-refractivity contribution in [1.29, 1.82) is 0 Å². The molecule has 0 saturated carbocycles. The van der Waals surface area contributed by atoms with E-state index in [1.807, 2.05) is 6.08 Å². The molecule has 0 aromatic carbocycles. The highest BCUT2D eigenvalue weighted by Gasteiger charge is 2.20. The lowest BCUT2D eigenvalue weighted by Crippen LogP contribution is -2.20. The molecule has 0 bridgehead atoms. The monoisotopic (exact) mass is 186 g/mol. The minimum atomic E-state index is 0.123. The number of rotatable bonds is 3. The van der Waals surface area contributed by atoms with Crippen LogP contribution in [0, 0.1) is 5.41 Å². The van der Waals surface area contributed by atoms with Gasteiger partial charge in [0, 0.05) is 5.25 Å². The molecule has 0 aromatic rings. The van der Waals surface area contributed by atoms with E-state index >= 15 is 0 Å². The Balaban J connectivity index is 4.28. The predicted octanol–water partition coefficient (Wildman–Crippen LogP) is 2.91. The molecule has 0 rings (SSSR count). The zero-order valence-corrected chi connectivity index (χ0v) is 9.37. The molecule has 0 aliphatic rings. The second-order valence-corrected chi connectivity index (χ2v) is 4.97. The first kappa shape index (κ1) is 11.8. The first-order chi connectivity index (χ1) is 5.38. The lowest BCUT2D eigenvalue weighted by atomic mass is 9.91. The van der Waals surface area contributed by atoms with Gasteiger partial charge in [0.05, 0.1) is 0 Å². The Morgan fingerprint density at radius 1 is 1.42 bits per heavy atom. The zero-order valence-electron chi connectivity index (χ0n) is 8.55. The lowest BCUT2D eigenvalue weighted by molar-refractivity contribution is -0.112. The van der Waals surface area contributed by atoms with E-state index in [1.165, 1.54) is 0 Å². The van der Waals surface area contributed by atoms with E-state index in [4.69, 9.17) is 0 Å². The van der Waals surface area contributed by atoms with Gasteiger partial charge in [-0.25, -0.2) is 0 Å². The third kappa shape index (κ3) is 4.60. The average Bonchev–Trinajstić information content (AvgIpc) is 1.85. The van der Waals surface area contributed by atoms with Crippen molar-refractivity contribution in [3.05, 3.63) is 12.2 Å². The van der Waals surface area contributed by atoms with E-state index in [-0.39, 0.29) is 11.2 Å². The summed E-state index contributed by atoms with van der Waals surface area (Å²) in [7, 11) is 0. The molecule has 0 heterocycles. The predicted molar refractivity (Wildman–Crippen MR) is 56.6 cm³/mol. The second-order valence-electron chi connectivity index (χ2n) is 3.99. The fraction of sp³-hybridized carbons (Fsp3) is 0.700. The molecule has 12 heavy (non-hydrogen) atoms. The Morgan fingerprint density at radius 3 is 2.17 bits per heavy atom. The average molecular weight is 186 g/mol. The normalized spacial score (nSPS) is 15.1. The van der Waals surface area contributed by atoms with Gasteiger partial charge >= 0.3 is 0 Å². The summed E-state index contributed by atoms with van der Waals surface area (Å²) in [6, 6.07) is 0. The highest BCUT2D eigenvalue weighted by Crippen LogP contribution is 2.29. The molecule has 2 heteroatoms. The molecule has 70 valence electrons. The molecule has 1 unspecified atom stereocenters. The number of ketones is 1. The second kappa shape index (κ2) is 4.70. The van der Waals surface area contributed by atoms with Crippen LogP contribution in [0.25, 0.3) is 0 Å². The number of carbonyl (C=O) groups is 1. The van der Waals surface area contributed by atoms with Crippen molar-refractivity contribution in [2.45, 2.75) is 32.9 Å².